The SMILES string of the molecule is CC(=O)Nc1cccc(-n2c(SCC(=O)Nc3nnc(-c4ccccc4)o3)nnc2C2CC2)c1. The summed E-state index contributed by atoms with van der Waals surface area (Å²) in [7, 11) is 0. The number of benzene rings is 2. The fourth-order valence-electron chi connectivity index (χ4n) is 3.41. The molecule has 2 heterocycles. The molecule has 0 radical (unpaired) electrons. The summed E-state index contributed by atoms with van der Waals surface area (Å²) in [6.07, 6.45) is 2.10. The number of nitrogens with zero attached hydrogens (tertiary/aromatic N) is 5. The van der Waals surface area contributed by atoms with Crippen molar-refractivity contribution >= 4 is 35.3 Å². The summed E-state index contributed by atoms with van der Waals surface area (Å²) in [5.41, 5.74) is 2.28. The zero-order valence-corrected chi connectivity index (χ0v) is 19.1. The van der Waals surface area contributed by atoms with Crippen molar-refractivity contribution in [3.63, 3.8) is 0 Å². The highest BCUT2D eigenvalue weighted by atomic mass is 32.2. The van der Waals surface area contributed by atoms with E-state index in [9.17, 15) is 9.59 Å². The van der Waals surface area contributed by atoms with Gasteiger partial charge in [0.25, 0.3) is 0 Å². The van der Waals surface area contributed by atoms with Gasteiger partial charge in [-0.15, -0.1) is 15.3 Å². The van der Waals surface area contributed by atoms with Gasteiger partial charge < -0.3 is 9.73 Å². The molecule has 34 heavy (non-hydrogen) atoms. The molecule has 10 nitrogen and oxygen atoms in total. The van der Waals surface area contributed by atoms with Gasteiger partial charge in [0.15, 0.2) is 5.16 Å². The predicted octanol–water partition coefficient (Wildman–Crippen LogP) is 3.88. The Morgan fingerprint density at radius 1 is 1.03 bits per heavy atom. The van der Waals surface area contributed by atoms with Gasteiger partial charge in [-0.2, -0.15) is 0 Å². The molecule has 0 bridgehead atoms. The number of hydrogen-bond donors (Lipinski definition) is 2. The van der Waals surface area contributed by atoms with Crippen molar-refractivity contribution in [2.24, 2.45) is 0 Å². The van der Waals surface area contributed by atoms with Gasteiger partial charge in [-0.25, -0.2) is 0 Å². The van der Waals surface area contributed by atoms with Crippen LogP contribution in [0.4, 0.5) is 11.7 Å². The minimum atomic E-state index is -0.303. The smallest absolute Gasteiger partial charge is 0.322 e. The van der Waals surface area contributed by atoms with Crippen LogP contribution in [0.25, 0.3) is 17.1 Å². The van der Waals surface area contributed by atoms with Crippen molar-refractivity contribution in [3.05, 3.63) is 60.4 Å². The van der Waals surface area contributed by atoms with E-state index in [-0.39, 0.29) is 23.6 Å². The fraction of sp³-hybridized carbons (Fsp3) is 0.217. The van der Waals surface area contributed by atoms with E-state index < -0.39 is 0 Å². The molecule has 4 aromatic rings. The second kappa shape index (κ2) is 9.48. The maximum absolute atomic E-state index is 12.5. The molecular weight excluding hydrogens is 454 g/mol. The molecule has 0 saturated heterocycles. The summed E-state index contributed by atoms with van der Waals surface area (Å²) in [4.78, 5) is 24.0. The molecule has 2 aromatic carbocycles. The lowest BCUT2D eigenvalue weighted by Crippen LogP contribution is -2.15. The van der Waals surface area contributed by atoms with Gasteiger partial charge in [0, 0.05) is 24.1 Å². The van der Waals surface area contributed by atoms with Crippen LogP contribution >= 0.6 is 11.8 Å². The Balaban J connectivity index is 1.29. The first kappa shape index (κ1) is 21.8. The third-order valence-electron chi connectivity index (χ3n) is 5.05. The lowest BCUT2D eigenvalue weighted by atomic mass is 10.2. The van der Waals surface area contributed by atoms with E-state index in [2.05, 4.69) is 31.0 Å². The monoisotopic (exact) mass is 475 g/mol. The number of anilines is 2. The predicted molar refractivity (Wildman–Crippen MR) is 127 cm³/mol. The summed E-state index contributed by atoms with van der Waals surface area (Å²) in [6, 6.07) is 16.8. The second-order valence-corrected chi connectivity index (χ2v) is 8.74. The summed E-state index contributed by atoms with van der Waals surface area (Å²) >= 11 is 1.26. The van der Waals surface area contributed by atoms with Crippen LogP contribution in [0.15, 0.2) is 64.2 Å². The van der Waals surface area contributed by atoms with Crippen LogP contribution in [0.5, 0.6) is 0 Å². The molecule has 2 amide bonds. The molecule has 0 unspecified atom stereocenters. The standard InChI is InChI=1S/C23H21N7O3S/c1-14(31)24-17-8-5-9-18(12-17)30-20(15-10-11-15)26-29-23(30)34-13-19(32)25-22-28-27-21(33-22)16-6-3-2-4-7-16/h2-9,12,15H,10-11,13H2,1H3,(H,24,31)(H,25,28,32). The quantitative estimate of drug-likeness (QED) is 0.368. The van der Waals surface area contributed by atoms with E-state index in [0.717, 1.165) is 29.9 Å². The molecule has 2 N–H and O–H groups in total. The molecule has 0 spiro atoms. The van der Waals surface area contributed by atoms with E-state index in [1.807, 2.05) is 59.2 Å². The Bertz CT molecular complexity index is 1330. The zero-order valence-electron chi connectivity index (χ0n) is 18.3. The number of thioether (sulfide) groups is 1. The third kappa shape index (κ3) is 4.99. The highest BCUT2D eigenvalue weighted by Crippen LogP contribution is 2.41. The normalized spacial score (nSPS) is 13.0. The molecule has 1 aliphatic carbocycles. The van der Waals surface area contributed by atoms with Crippen LogP contribution in [0.1, 0.15) is 31.5 Å². The average molecular weight is 476 g/mol. The largest absolute Gasteiger partial charge is 0.403 e. The Morgan fingerprint density at radius 2 is 1.85 bits per heavy atom. The molecular formula is C23H21N7O3S. The Hall–Kier alpha value is -3.99. The van der Waals surface area contributed by atoms with E-state index in [0.29, 0.717) is 22.7 Å². The van der Waals surface area contributed by atoms with Gasteiger partial charge in [-0.3, -0.25) is 19.5 Å². The molecule has 11 heteroatoms. The molecule has 5 rings (SSSR count). The fourth-order valence-corrected chi connectivity index (χ4v) is 4.16. The van der Waals surface area contributed by atoms with Crippen LogP contribution in [0, 0.1) is 0 Å². The first-order valence-corrected chi connectivity index (χ1v) is 11.7. The van der Waals surface area contributed by atoms with Crippen LogP contribution in [0.3, 0.4) is 0 Å². The second-order valence-electron chi connectivity index (χ2n) is 7.80. The van der Waals surface area contributed by atoms with Crippen molar-refractivity contribution in [1.29, 1.82) is 0 Å². The summed E-state index contributed by atoms with van der Waals surface area (Å²) in [5.74, 6) is 1.16. The lowest BCUT2D eigenvalue weighted by molar-refractivity contribution is -0.114. The number of amides is 2. The number of rotatable bonds is 8. The van der Waals surface area contributed by atoms with E-state index in [1.54, 1.807) is 0 Å². The zero-order chi connectivity index (χ0) is 23.5. The summed E-state index contributed by atoms with van der Waals surface area (Å²) in [6.45, 7) is 1.47. The number of carbonyl (C=O) groups is 2. The highest BCUT2D eigenvalue weighted by molar-refractivity contribution is 7.99. The van der Waals surface area contributed by atoms with Crippen molar-refractivity contribution in [3.8, 4) is 17.1 Å². The Kier molecular flexibility index (Phi) is 6.09. The van der Waals surface area contributed by atoms with Crippen molar-refractivity contribution in [2.75, 3.05) is 16.4 Å². The van der Waals surface area contributed by atoms with Crippen LogP contribution < -0.4 is 10.6 Å². The van der Waals surface area contributed by atoms with Crippen LogP contribution in [-0.2, 0) is 9.59 Å². The van der Waals surface area contributed by atoms with Crippen molar-refractivity contribution in [1.82, 2.24) is 25.0 Å². The van der Waals surface area contributed by atoms with E-state index >= 15 is 0 Å². The lowest BCUT2D eigenvalue weighted by Gasteiger charge is -2.11. The first-order valence-electron chi connectivity index (χ1n) is 10.7. The highest BCUT2D eigenvalue weighted by Gasteiger charge is 2.31. The molecule has 1 aliphatic rings. The Morgan fingerprint density at radius 3 is 2.62 bits per heavy atom. The van der Waals surface area contributed by atoms with Gasteiger partial charge in [-0.1, -0.05) is 41.1 Å². The van der Waals surface area contributed by atoms with Gasteiger partial charge >= 0.3 is 6.01 Å². The molecule has 1 saturated carbocycles. The maximum Gasteiger partial charge on any atom is 0.322 e. The van der Waals surface area contributed by atoms with Crippen molar-refractivity contribution < 1.29 is 14.0 Å². The topological polar surface area (TPSA) is 128 Å². The average Bonchev–Trinajstić information content (AvgIpc) is 3.42. The van der Waals surface area contributed by atoms with Gasteiger partial charge in [0.1, 0.15) is 5.82 Å². The van der Waals surface area contributed by atoms with Gasteiger partial charge in [0.05, 0.1) is 11.4 Å². The van der Waals surface area contributed by atoms with Gasteiger partial charge in [-0.05, 0) is 43.2 Å². The molecule has 172 valence electrons. The first-order chi connectivity index (χ1) is 16.6. The van der Waals surface area contributed by atoms with Crippen LogP contribution in [0.2, 0.25) is 0 Å². The van der Waals surface area contributed by atoms with Gasteiger partial charge in [0.2, 0.25) is 17.7 Å². The number of hydrogen-bond acceptors (Lipinski definition) is 8. The Labute approximate surface area is 199 Å². The molecule has 0 atom stereocenters. The van der Waals surface area contributed by atoms with E-state index in [4.69, 9.17) is 4.42 Å². The maximum atomic E-state index is 12.5. The summed E-state index contributed by atoms with van der Waals surface area (Å²) < 4.78 is 7.49. The number of nitrogens with one attached hydrogen (secondary N) is 2. The van der Waals surface area contributed by atoms with Crippen molar-refractivity contribution in [2.45, 2.75) is 30.8 Å². The third-order valence-corrected chi connectivity index (χ3v) is 5.98. The van der Waals surface area contributed by atoms with E-state index in [1.165, 1.54) is 18.7 Å². The molecule has 1 fully saturated rings. The number of carbonyl (C=O) groups excluding carboxylic acids is 2. The minimum Gasteiger partial charge on any atom is -0.403 e. The minimum absolute atomic E-state index is 0.0348. The molecule has 0 aliphatic heterocycles. The summed E-state index contributed by atoms with van der Waals surface area (Å²) in [5, 5.41) is 22.6. The van der Waals surface area contributed by atoms with Crippen LogP contribution in [-0.4, -0.2) is 42.5 Å². The number of aromatic nitrogens is 5. The molecule has 2 aromatic heterocycles.